The van der Waals surface area contributed by atoms with Crippen LogP contribution in [0.25, 0.3) is 11.1 Å². The number of benzene rings is 1. The summed E-state index contributed by atoms with van der Waals surface area (Å²) in [6.07, 6.45) is 4.84. The van der Waals surface area contributed by atoms with E-state index in [9.17, 15) is 0 Å². The number of fused-ring (bicyclic) bond motifs is 1. The first kappa shape index (κ1) is 8.48. The summed E-state index contributed by atoms with van der Waals surface area (Å²) < 4.78 is 0. The molecule has 0 bridgehead atoms. The van der Waals surface area contributed by atoms with Gasteiger partial charge in [0.1, 0.15) is 0 Å². The van der Waals surface area contributed by atoms with Crippen LogP contribution in [0.3, 0.4) is 0 Å². The molecule has 2 heterocycles. The quantitative estimate of drug-likeness (QED) is 0.758. The van der Waals surface area contributed by atoms with Crippen LogP contribution in [0.1, 0.15) is 5.56 Å². The van der Waals surface area contributed by atoms with Gasteiger partial charge in [-0.1, -0.05) is 12.1 Å². The smallest absolute Gasteiger partial charge is 0.0373 e. The lowest BCUT2D eigenvalue weighted by atomic mass is 10.0. The molecule has 0 radical (unpaired) electrons. The number of nitrogens with one attached hydrogen (secondary N) is 1. The van der Waals surface area contributed by atoms with E-state index in [2.05, 4.69) is 34.6 Å². The summed E-state index contributed by atoms with van der Waals surface area (Å²) in [6, 6.07) is 10.6. The molecule has 1 aliphatic heterocycles. The molecule has 0 atom stereocenters. The Hall–Kier alpha value is -1.83. The van der Waals surface area contributed by atoms with Crippen molar-refractivity contribution < 1.29 is 0 Å². The molecule has 0 fully saturated rings. The molecule has 1 aromatic carbocycles. The van der Waals surface area contributed by atoms with Crippen molar-refractivity contribution in [2.45, 2.75) is 6.42 Å². The fourth-order valence-corrected chi connectivity index (χ4v) is 2.02. The summed E-state index contributed by atoms with van der Waals surface area (Å²) >= 11 is 0. The highest BCUT2D eigenvalue weighted by atomic mass is 14.9. The third-order valence-corrected chi connectivity index (χ3v) is 2.81. The summed E-state index contributed by atoms with van der Waals surface area (Å²) in [6.45, 7) is 1.06. The molecule has 2 aromatic rings. The molecule has 2 nitrogen and oxygen atoms in total. The molecule has 1 N–H and O–H groups in total. The van der Waals surface area contributed by atoms with Crippen LogP contribution in [0.15, 0.2) is 42.7 Å². The first-order valence-corrected chi connectivity index (χ1v) is 5.21. The highest BCUT2D eigenvalue weighted by Crippen LogP contribution is 2.27. The van der Waals surface area contributed by atoms with Crippen molar-refractivity contribution >= 4 is 5.69 Å². The van der Waals surface area contributed by atoms with E-state index in [1.54, 1.807) is 6.20 Å². The van der Waals surface area contributed by atoms with Gasteiger partial charge in [-0.25, -0.2) is 0 Å². The Morgan fingerprint density at radius 1 is 1.13 bits per heavy atom. The minimum Gasteiger partial charge on any atom is -0.384 e. The number of pyridine rings is 1. The molecule has 0 spiro atoms. The molecule has 0 saturated carbocycles. The molecule has 74 valence electrons. The van der Waals surface area contributed by atoms with E-state index < -0.39 is 0 Å². The molecule has 15 heavy (non-hydrogen) atoms. The van der Waals surface area contributed by atoms with Crippen molar-refractivity contribution in [2.75, 3.05) is 11.9 Å². The normalized spacial score (nSPS) is 13.3. The zero-order valence-electron chi connectivity index (χ0n) is 8.40. The van der Waals surface area contributed by atoms with E-state index in [-0.39, 0.29) is 0 Å². The SMILES string of the molecule is c1cncc(-c2ccc3c(c2)CCN3)c1. The Kier molecular flexibility index (Phi) is 1.91. The van der Waals surface area contributed by atoms with E-state index in [1.165, 1.54) is 22.4 Å². The Balaban J connectivity index is 2.07. The Morgan fingerprint density at radius 2 is 2.13 bits per heavy atom. The molecular formula is C13H12N2. The Bertz CT molecular complexity index is 477. The molecule has 0 amide bonds. The molecule has 1 aliphatic rings. The molecule has 0 unspecified atom stereocenters. The summed E-state index contributed by atoms with van der Waals surface area (Å²) in [5.74, 6) is 0. The largest absolute Gasteiger partial charge is 0.384 e. The maximum absolute atomic E-state index is 4.14. The highest BCUT2D eigenvalue weighted by Gasteiger charge is 2.10. The van der Waals surface area contributed by atoms with Crippen LogP contribution >= 0.6 is 0 Å². The predicted molar refractivity (Wildman–Crippen MR) is 61.9 cm³/mol. The van der Waals surface area contributed by atoms with Gasteiger partial charge in [0.15, 0.2) is 0 Å². The predicted octanol–water partition coefficient (Wildman–Crippen LogP) is 2.72. The zero-order valence-corrected chi connectivity index (χ0v) is 8.40. The number of hydrogen-bond acceptors (Lipinski definition) is 2. The second-order valence-electron chi connectivity index (χ2n) is 3.79. The third kappa shape index (κ3) is 1.48. The number of hydrogen-bond donors (Lipinski definition) is 1. The van der Waals surface area contributed by atoms with Gasteiger partial charge in [0.2, 0.25) is 0 Å². The van der Waals surface area contributed by atoms with Crippen LogP contribution in [0.4, 0.5) is 5.69 Å². The van der Waals surface area contributed by atoms with Crippen LogP contribution < -0.4 is 5.32 Å². The van der Waals surface area contributed by atoms with Crippen LogP contribution in [0.2, 0.25) is 0 Å². The lowest BCUT2D eigenvalue weighted by molar-refractivity contribution is 1.11. The first-order valence-electron chi connectivity index (χ1n) is 5.21. The van der Waals surface area contributed by atoms with Crippen LogP contribution in [0.5, 0.6) is 0 Å². The average Bonchev–Trinajstić information content (AvgIpc) is 2.77. The first-order chi connectivity index (χ1) is 7.43. The maximum atomic E-state index is 4.14. The van der Waals surface area contributed by atoms with E-state index in [1.807, 2.05) is 12.3 Å². The van der Waals surface area contributed by atoms with Crippen molar-refractivity contribution in [3.05, 3.63) is 48.3 Å². The van der Waals surface area contributed by atoms with Crippen LogP contribution in [-0.2, 0) is 6.42 Å². The summed E-state index contributed by atoms with van der Waals surface area (Å²) in [5.41, 5.74) is 5.14. The van der Waals surface area contributed by atoms with Crippen molar-refractivity contribution in [3.8, 4) is 11.1 Å². The van der Waals surface area contributed by atoms with Gasteiger partial charge in [-0.05, 0) is 41.3 Å². The van der Waals surface area contributed by atoms with E-state index in [4.69, 9.17) is 0 Å². The topological polar surface area (TPSA) is 24.9 Å². The lowest BCUT2D eigenvalue weighted by Crippen LogP contribution is -1.90. The Labute approximate surface area is 89.0 Å². The Morgan fingerprint density at radius 3 is 3.00 bits per heavy atom. The second-order valence-corrected chi connectivity index (χ2v) is 3.79. The average molecular weight is 196 g/mol. The van der Waals surface area contributed by atoms with E-state index in [0.29, 0.717) is 0 Å². The number of anilines is 1. The van der Waals surface area contributed by atoms with Crippen molar-refractivity contribution in [1.29, 1.82) is 0 Å². The molecule has 0 saturated heterocycles. The molecule has 1 aromatic heterocycles. The summed E-state index contributed by atoms with van der Waals surface area (Å²) in [7, 11) is 0. The monoisotopic (exact) mass is 196 g/mol. The van der Waals surface area contributed by atoms with Gasteiger partial charge in [-0.3, -0.25) is 4.98 Å². The second kappa shape index (κ2) is 3.39. The van der Waals surface area contributed by atoms with E-state index >= 15 is 0 Å². The van der Waals surface area contributed by atoms with Gasteiger partial charge in [0, 0.05) is 24.6 Å². The minimum atomic E-state index is 1.06. The molecule has 0 aliphatic carbocycles. The third-order valence-electron chi connectivity index (χ3n) is 2.81. The zero-order chi connectivity index (χ0) is 10.1. The van der Waals surface area contributed by atoms with Gasteiger partial charge in [-0.2, -0.15) is 0 Å². The molecular weight excluding hydrogens is 184 g/mol. The van der Waals surface area contributed by atoms with Gasteiger partial charge < -0.3 is 5.32 Å². The molecule has 2 heteroatoms. The summed E-state index contributed by atoms with van der Waals surface area (Å²) in [5, 5.41) is 3.36. The van der Waals surface area contributed by atoms with Crippen molar-refractivity contribution in [3.63, 3.8) is 0 Å². The van der Waals surface area contributed by atoms with Gasteiger partial charge in [-0.15, -0.1) is 0 Å². The summed E-state index contributed by atoms with van der Waals surface area (Å²) in [4.78, 5) is 4.14. The molecule has 3 rings (SSSR count). The lowest BCUT2D eigenvalue weighted by Gasteiger charge is -2.04. The highest BCUT2D eigenvalue weighted by molar-refractivity contribution is 5.69. The number of aromatic nitrogens is 1. The van der Waals surface area contributed by atoms with Gasteiger partial charge in [0.05, 0.1) is 0 Å². The fraction of sp³-hybridized carbons (Fsp3) is 0.154. The standard InChI is InChI=1S/C13H12N2/c1-2-12(9-14-6-1)10-3-4-13-11(8-10)5-7-15-13/h1-4,6,8-9,15H,5,7H2. The van der Waals surface area contributed by atoms with E-state index in [0.717, 1.165) is 13.0 Å². The number of nitrogens with zero attached hydrogens (tertiary/aromatic N) is 1. The van der Waals surface area contributed by atoms with Gasteiger partial charge in [0.25, 0.3) is 0 Å². The minimum absolute atomic E-state index is 1.06. The van der Waals surface area contributed by atoms with Crippen molar-refractivity contribution in [2.24, 2.45) is 0 Å². The fourth-order valence-electron chi connectivity index (χ4n) is 2.02. The van der Waals surface area contributed by atoms with Crippen molar-refractivity contribution in [1.82, 2.24) is 4.98 Å². The maximum Gasteiger partial charge on any atom is 0.0373 e. The van der Waals surface area contributed by atoms with Gasteiger partial charge >= 0.3 is 0 Å². The van der Waals surface area contributed by atoms with Crippen LogP contribution in [-0.4, -0.2) is 11.5 Å². The number of rotatable bonds is 1. The van der Waals surface area contributed by atoms with Crippen LogP contribution in [0, 0.1) is 0 Å².